The van der Waals surface area contributed by atoms with Crippen molar-refractivity contribution in [1.82, 2.24) is 4.98 Å². The third kappa shape index (κ3) is 2.29. The van der Waals surface area contributed by atoms with Crippen LogP contribution >= 0.6 is 11.3 Å². The number of aromatic nitrogens is 1. The maximum Gasteiger partial charge on any atom is 0.0931 e. The van der Waals surface area contributed by atoms with Gasteiger partial charge in [-0.2, -0.15) is 0 Å². The monoisotopic (exact) mass is 196 g/mol. The van der Waals surface area contributed by atoms with E-state index in [1.54, 1.807) is 11.3 Å². The quantitative estimate of drug-likeness (QED) is 0.800. The van der Waals surface area contributed by atoms with Crippen molar-refractivity contribution in [3.05, 3.63) is 16.1 Å². The fraction of sp³-hybridized carbons (Fsp3) is 0.700. The van der Waals surface area contributed by atoms with E-state index in [1.165, 1.54) is 36.4 Å². The van der Waals surface area contributed by atoms with E-state index in [2.05, 4.69) is 10.4 Å². The topological polar surface area (TPSA) is 38.9 Å². The molecule has 1 heterocycles. The second-order valence-electron chi connectivity index (χ2n) is 3.77. The minimum atomic E-state index is 0.715. The van der Waals surface area contributed by atoms with Gasteiger partial charge >= 0.3 is 0 Å². The average molecular weight is 196 g/mol. The Morgan fingerprint density at radius 2 is 2.38 bits per heavy atom. The number of hydrogen-bond acceptors (Lipinski definition) is 3. The van der Waals surface area contributed by atoms with E-state index in [-0.39, 0.29) is 0 Å². The second-order valence-corrected chi connectivity index (χ2v) is 4.71. The first-order chi connectivity index (χ1) is 6.38. The van der Waals surface area contributed by atoms with E-state index >= 15 is 0 Å². The van der Waals surface area contributed by atoms with Gasteiger partial charge in [0.1, 0.15) is 0 Å². The molecule has 0 atom stereocenters. The third-order valence-electron chi connectivity index (χ3n) is 2.69. The van der Waals surface area contributed by atoms with Gasteiger partial charge in [-0.1, -0.05) is 19.3 Å². The number of rotatable bonds is 4. The lowest BCUT2D eigenvalue weighted by molar-refractivity contribution is 0.314. The normalized spacial score (nSPS) is 17.3. The summed E-state index contributed by atoms with van der Waals surface area (Å²) in [5.41, 5.74) is 6.66. The van der Waals surface area contributed by atoms with E-state index < -0.39 is 0 Å². The molecule has 0 aliphatic heterocycles. The highest BCUT2D eigenvalue weighted by molar-refractivity contribution is 7.09. The molecule has 1 aliphatic rings. The lowest BCUT2D eigenvalue weighted by atomic mass is 9.83. The van der Waals surface area contributed by atoms with Gasteiger partial charge in [-0.25, -0.2) is 4.98 Å². The van der Waals surface area contributed by atoms with Crippen LogP contribution in [-0.2, 0) is 12.8 Å². The zero-order valence-electron chi connectivity index (χ0n) is 7.83. The molecule has 1 saturated carbocycles. The molecule has 3 heteroatoms. The molecule has 1 aliphatic carbocycles. The Balaban J connectivity index is 1.88. The first kappa shape index (κ1) is 9.16. The first-order valence-corrected chi connectivity index (χ1v) is 5.90. The van der Waals surface area contributed by atoms with Crippen LogP contribution in [0.1, 0.15) is 30.0 Å². The van der Waals surface area contributed by atoms with Crippen molar-refractivity contribution < 1.29 is 0 Å². The Bertz CT molecular complexity index is 266. The molecule has 2 N–H and O–H groups in total. The van der Waals surface area contributed by atoms with Crippen molar-refractivity contribution in [1.29, 1.82) is 0 Å². The zero-order chi connectivity index (χ0) is 9.10. The van der Waals surface area contributed by atoms with Crippen LogP contribution in [0.2, 0.25) is 0 Å². The maximum atomic E-state index is 5.47. The molecular weight excluding hydrogens is 180 g/mol. The van der Waals surface area contributed by atoms with Gasteiger partial charge < -0.3 is 5.73 Å². The smallest absolute Gasteiger partial charge is 0.0931 e. The van der Waals surface area contributed by atoms with Crippen molar-refractivity contribution in [2.45, 2.75) is 32.1 Å². The van der Waals surface area contributed by atoms with Gasteiger partial charge in [-0.05, 0) is 12.5 Å². The largest absolute Gasteiger partial charge is 0.330 e. The summed E-state index contributed by atoms with van der Waals surface area (Å²) < 4.78 is 0. The number of hydrogen-bond donors (Lipinski definition) is 1. The molecule has 2 rings (SSSR count). The predicted octanol–water partition coefficient (Wildman–Crippen LogP) is 1.99. The molecule has 0 spiro atoms. The van der Waals surface area contributed by atoms with Crippen molar-refractivity contribution in [3.8, 4) is 0 Å². The molecule has 1 fully saturated rings. The van der Waals surface area contributed by atoms with Crippen LogP contribution < -0.4 is 5.73 Å². The molecule has 0 radical (unpaired) electrons. The van der Waals surface area contributed by atoms with Gasteiger partial charge in [0.25, 0.3) is 0 Å². The highest BCUT2D eigenvalue weighted by Gasteiger charge is 2.18. The molecule has 72 valence electrons. The van der Waals surface area contributed by atoms with Crippen LogP contribution in [0.3, 0.4) is 0 Å². The van der Waals surface area contributed by atoms with Crippen molar-refractivity contribution in [3.63, 3.8) is 0 Å². The van der Waals surface area contributed by atoms with Gasteiger partial charge in [0.05, 0.1) is 10.7 Å². The van der Waals surface area contributed by atoms with Gasteiger partial charge in [0.2, 0.25) is 0 Å². The van der Waals surface area contributed by atoms with Gasteiger partial charge in [0, 0.05) is 18.2 Å². The predicted molar refractivity (Wildman–Crippen MR) is 55.9 cm³/mol. The van der Waals surface area contributed by atoms with Gasteiger partial charge in [-0.15, -0.1) is 11.3 Å². The molecule has 0 bridgehead atoms. The van der Waals surface area contributed by atoms with E-state index in [1.807, 2.05) is 0 Å². The number of thiazole rings is 1. The Morgan fingerprint density at radius 3 is 3.00 bits per heavy atom. The van der Waals surface area contributed by atoms with Gasteiger partial charge in [-0.3, -0.25) is 0 Å². The van der Waals surface area contributed by atoms with E-state index in [9.17, 15) is 0 Å². The van der Waals surface area contributed by atoms with Crippen LogP contribution in [0, 0.1) is 5.92 Å². The third-order valence-corrected chi connectivity index (χ3v) is 3.61. The van der Waals surface area contributed by atoms with Crippen molar-refractivity contribution in [2.75, 3.05) is 6.54 Å². The summed E-state index contributed by atoms with van der Waals surface area (Å²) in [6.07, 6.45) is 6.37. The minimum Gasteiger partial charge on any atom is -0.330 e. The second kappa shape index (κ2) is 4.20. The van der Waals surface area contributed by atoms with Crippen molar-refractivity contribution in [2.24, 2.45) is 11.7 Å². The first-order valence-electron chi connectivity index (χ1n) is 5.02. The lowest BCUT2D eigenvalue weighted by Crippen LogP contribution is -2.13. The Morgan fingerprint density at radius 1 is 1.54 bits per heavy atom. The highest BCUT2D eigenvalue weighted by atomic mass is 32.1. The van der Waals surface area contributed by atoms with Crippen LogP contribution in [0.4, 0.5) is 0 Å². The van der Waals surface area contributed by atoms with E-state index in [0.29, 0.717) is 6.54 Å². The summed E-state index contributed by atoms with van der Waals surface area (Å²) >= 11 is 1.80. The van der Waals surface area contributed by atoms with Crippen LogP contribution in [0.5, 0.6) is 0 Å². The number of nitrogens with zero attached hydrogens (tertiary/aromatic N) is 1. The molecule has 2 nitrogen and oxygen atoms in total. The Kier molecular flexibility index (Phi) is 2.96. The van der Waals surface area contributed by atoms with Gasteiger partial charge in [0.15, 0.2) is 0 Å². The Hall–Kier alpha value is -0.410. The standard InChI is InChI=1S/C10H16N2S/c11-5-4-9-7-13-10(12-9)6-8-2-1-3-8/h7-8H,1-6,11H2. The van der Waals surface area contributed by atoms with E-state index in [4.69, 9.17) is 5.73 Å². The minimum absolute atomic E-state index is 0.715. The average Bonchev–Trinajstić information content (AvgIpc) is 2.46. The molecule has 0 aromatic carbocycles. The summed E-state index contributed by atoms with van der Waals surface area (Å²) in [6, 6.07) is 0. The Labute approximate surface area is 83.2 Å². The SMILES string of the molecule is NCCc1csc(CC2CCC2)n1. The van der Waals surface area contributed by atoms with E-state index in [0.717, 1.165) is 12.3 Å². The summed E-state index contributed by atoms with van der Waals surface area (Å²) in [6.45, 7) is 0.715. The summed E-state index contributed by atoms with van der Waals surface area (Å²) in [5, 5.41) is 3.47. The highest BCUT2D eigenvalue weighted by Crippen LogP contribution is 2.30. The molecule has 1 aromatic rings. The van der Waals surface area contributed by atoms with Crippen LogP contribution in [-0.4, -0.2) is 11.5 Å². The molecule has 0 unspecified atom stereocenters. The zero-order valence-corrected chi connectivity index (χ0v) is 8.65. The molecule has 13 heavy (non-hydrogen) atoms. The van der Waals surface area contributed by atoms with Crippen molar-refractivity contribution >= 4 is 11.3 Å². The fourth-order valence-corrected chi connectivity index (χ4v) is 2.59. The number of nitrogens with two attached hydrogens (primary N) is 1. The van der Waals surface area contributed by atoms with Crippen LogP contribution in [0.15, 0.2) is 5.38 Å². The summed E-state index contributed by atoms with van der Waals surface area (Å²) in [4.78, 5) is 4.56. The molecule has 0 saturated heterocycles. The fourth-order valence-electron chi connectivity index (χ4n) is 1.65. The molecule has 1 aromatic heterocycles. The summed E-state index contributed by atoms with van der Waals surface area (Å²) in [7, 11) is 0. The molecule has 0 amide bonds. The molecular formula is C10H16N2S. The summed E-state index contributed by atoms with van der Waals surface area (Å²) in [5.74, 6) is 0.928. The lowest BCUT2D eigenvalue weighted by Gasteiger charge is -2.23. The maximum absolute atomic E-state index is 5.47. The van der Waals surface area contributed by atoms with Crippen LogP contribution in [0.25, 0.3) is 0 Å².